The fourth-order valence-corrected chi connectivity index (χ4v) is 1.07. The number of hydrogen-bond donors (Lipinski definition) is 1. The SMILES string of the molecule is CCc1ncc(CCCNC)o1. The lowest BCUT2D eigenvalue weighted by Gasteiger charge is -1.95. The Morgan fingerprint density at radius 2 is 2.42 bits per heavy atom. The molecule has 0 radical (unpaired) electrons. The molecule has 1 N–H and O–H groups in total. The van der Waals surface area contributed by atoms with Crippen LogP contribution in [0.25, 0.3) is 0 Å². The standard InChI is InChI=1S/C9H16N2O/c1-3-9-11-7-8(12-9)5-4-6-10-2/h7,10H,3-6H2,1-2H3. The van der Waals surface area contributed by atoms with Crippen molar-refractivity contribution in [2.75, 3.05) is 13.6 Å². The molecule has 68 valence electrons. The van der Waals surface area contributed by atoms with E-state index in [2.05, 4.69) is 10.3 Å². The lowest BCUT2D eigenvalue weighted by atomic mass is 10.3. The molecule has 3 nitrogen and oxygen atoms in total. The molecular weight excluding hydrogens is 152 g/mol. The van der Waals surface area contributed by atoms with Gasteiger partial charge in [-0.1, -0.05) is 6.92 Å². The highest BCUT2D eigenvalue weighted by atomic mass is 16.4. The Kier molecular flexibility index (Phi) is 3.80. The van der Waals surface area contributed by atoms with E-state index in [0.29, 0.717) is 0 Å². The van der Waals surface area contributed by atoms with E-state index in [-0.39, 0.29) is 0 Å². The van der Waals surface area contributed by atoms with Crippen LogP contribution in [-0.2, 0) is 12.8 Å². The molecular formula is C9H16N2O. The summed E-state index contributed by atoms with van der Waals surface area (Å²) in [5.74, 6) is 1.84. The first-order valence-electron chi connectivity index (χ1n) is 4.45. The normalized spacial score (nSPS) is 10.5. The minimum atomic E-state index is 0.842. The van der Waals surface area contributed by atoms with E-state index in [9.17, 15) is 0 Å². The first-order chi connectivity index (χ1) is 5.86. The fraction of sp³-hybridized carbons (Fsp3) is 0.667. The monoisotopic (exact) mass is 168 g/mol. The summed E-state index contributed by atoms with van der Waals surface area (Å²) in [5, 5.41) is 3.10. The van der Waals surface area contributed by atoms with E-state index in [4.69, 9.17) is 4.42 Å². The van der Waals surface area contributed by atoms with Gasteiger partial charge in [-0.25, -0.2) is 4.98 Å². The Morgan fingerprint density at radius 1 is 1.58 bits per heavy atom. The third kappa shape index (κ3) is 2.66. The Balaban J connectivity index is 2.31. The van der Waals surface area contributed by atoms with Crippen molar-refractivity contribution in [1.82, 2.24) is 10.3 Å². The first kappa shape index (κ1) is 9.26. The lowest BCUT2D eigenvalue weighted by molar-refractivity contribution is 0.453. The topological polar surface area (TPSA) is 38.1 Å². The van der Waals surface area contributed by atoms with Crippen LogP contribution in [0.3, 0.4) is 0 Å². The molecule has 0 aliphatic rings. The highest BCUT2D eigenvalue weighted by Crippen LogP contribution is 2.05. The van der Waals surface area contributed by atoms with Crippen molar-refractivity contribution < 1.29 is 4.42 Å². The maximum Gasteiger partial charge on any atom is 0.194 e. The number of nitrogens with zero attached hydrogens (tertiary/aromatic N) is 1. The summed E-state index contributed by atoms with van der Waals surface area (Å²) < 4.78 is 5.44. The number of aryl methyl sites for hydroxylation is 2. The molecule has 0 spiro atoms. The summed E-state index contributed by atoms with van der Waals surface area (Å²) in [5.41, 5.74) is 0. The summed E-state index contributed by atoms with van der Waals surface area (Å²) in [7, 11) is 1.96. The summed E-state index contributed by atoms with van der Waals surface area (Å²) in [6, 6.07) is 0. The Hall–Kier alpha value is -0.830. The van der Waals surface area contributed by atoms with Crippen LogP contribution in [0.2, 0.25) is 0 Å². The summed E-state index contributed by atoms with van der Waals surface area (Å²) in [6.07, 6.45) is 4.79. The van der Waals surface area contributed by atoms with Crippen molar-refractivity contribution in [3.05, 3.63) is 17.8 Å². The van der Waals surface area contributed by atoms with Crippen LogP contribution in [0.15, 0.2) is 10.6 Å². The summed E-state index contributed by atoms with van der Waals surface area (Å²) in [6.45, 7) is 3.07. The van der Waals surface area contributed by atoms with Crippen molar-refractivity contribution in [3.8, 4) is 0 Å². The van der Waals surface area contributed by atoms with Crippen molar-refractivity contribution in [2.24, 2.45) is 0 Å². The van der Waals surface area contributed by atoms with E-state index in [1.807, 2.05) is 20.2 Å². The smallest absolute Gasteiger partial charge is 0.194 e. The van der Waals surface area contributed by atoms with Gasteiger partial charge in [-0.3, -0.25) is 0 Å². The minimum Gasteiger partial charge on any atom is -0.446 e. The minimum absolute atomic E-state index is 0.842. The molecule has 0 aliphatic heterocycles. The van der Waals surface area contributed by atoms with Crippen molar-refractivity contribution >= 4 is 0 Å². The predicted octanol–water partition coefficient (Wildman–Crippen LogP) is 1.39. The van der Waals surface area contributed by atoms with Crippen LogP contribution in [0.5, 0.6) is 0 Å². The average Bonchev–Trinajstić information content (AvgIpc) is 2.53. The Bertz CT molecular complexity index is 220. The van der Waals surface area contributed by atoms with E-state index >= 15 is 0 Å². The maximum atomic E-state index is 5.44. The molecule has 0 bridgehead atoms. The summed E-state index contributed by atoms with van der Waals surface area (Å²) >= 11 is 0. The zero-order valence-corrected chi connectivity index (χ0v) is 7.76. The molecule has 0 unspecified atom stereocenters. The summed E-state index contributed by atoms with van der Waals surface area (Å²) in [4.78, 5) is 4.13. The van der Waals surface area contributed by atoms with Gasteiger partial charge >= 0.3 is 0 Å². The molecule has 1 aromatic rings. The van der Waals surface area contributed by atoms with Gasteiger partial charge in [0.2, 0.25) is 0 Å². The molecule has 0 fully saturated rings. The van der Waals surface area contributed by atoms with Gasteiger partial charge in [-0.15, -0.1) is 0 Å². The third-order valence-corrected chi connectivity index (χ3v) is 1.75. The number of rotatable bonds is 5. The average molecular weight is 168 g/mol. The van der Waals surface area contributed by atoms with Gasteiger partial charge in [0.05, 0.1) is 6.20 Å². The third-order valence-electron chi connectivity index (χ3n) is 1.75. The molecule has 1 aromatic heterocycles. The van der Waals surface area contributed by atoms with Gasteiger partial charge in [-0.05, 0) is 20.0 Å². The maximum absolute atomic E-state index is 5.44. The van der Waals surface area contributed by atoms with Crippen LogP contribution in [-0.4, -0.2) is 18.6 Å². The van der Waals surface area contributed by atoms with Crippen molar-refractivity contribution in [3.63, 3.8) is 0 Å². The molecule has 0 saturated carbocycles. The zero-order chi connectivity index (χ0) is 8.81. The molecule has 0 aromatic carbocycles. The zero-order valence-electron chi connectivity index (χ0n) is 7.76. The van der Waals surface area contributed by atoms with Gasteiger partial charge < -0.3 is 9.73 Å². The van der Waals surface area contributed by atoms with Crippen LogP contribution >= 0.6 is 0 Å². The highest BCUT2D eigenvalue weighted by Gasteiger charge is 2.00. The second kappa shape index (κ2) is 4.93. The largest absolute Gasteiger partial charge is 0.446 e. The molecule has 0 atom stereocenters. The van der Waals surface area contributed by atoms with Crippen molar-refractivity contribution in [2.45, 2.75) is 26.2 Å². The Morgan fingerprint density at radius 3 is 3.00 bits per heavy atom. The predicted molar refractivity (Wildman–Crippen MR) is 48.1 cm³/mol. The van der Waals surface area contributed by atoms with Crippen LogP contribution < -0.4 is 5.32 Å². The van der Waals surface area contributed by atoms with Crippen LogP contribution in [0.4, 0.5) is 0 Å². The Labute approximate surface area is 73.2 Å². The molecule has 0 amide bonds. The first-order valence-corrected chi connectivity index (χ1v) is 4.45. The molecule has 3 heteroatoms. The number of hydrogen-bond acceptors (Lipinski definition) is 3. The van der Waals surface area contributed by atoms with E-state index < -0.39 is 0 Å². The van der Waals surface area contributed by atoms with Crippen LogP contribution in [0, 0.1) is 0 Å². The molecule has 0 saturated heterocycles. The fourth-order valence-electron chi connectivity index (χ4n) is 1.07. The lowest BCUT2D eigenvalue weighted by Crippen LogP contribution is -2.08. The molecule has 12 heavy (non-hydrogen) atoms. The van der Waals surface area contributed by atoms with Gasteiger partial charge in [0.1, 0.15) is 5.76 Å². The molecule has 1 heterocycles. The molecule has 1 rings (SSSR count). The van der Waals surface area contributed by atoms with E-state index in [0.717, 1.165) is 37.5 Å². The van der Waals surface area contributed by atoms with Gasteiger partial charge in [-0.2, -0.15) is 0 Å². The number of nitrogens with one attached hydrogen (secondary N) is 1. The second-order valence-corrected chi connectivity index (χ2v) is 2.78. The van der Waals surface area contributed by atoms with Gasteiger partial charge in [0.25, 0.3) is 0 Å². The van der Waals surface area contributed by atoms with E-state index in [1.165, 1.54) is 0 Å². The van der Waals surface area contributed by atoms with E-state index in [1.54, 1.807) is 0 Å². The second-order valence-electron chi connectivity index (χ2n) is 2.78. The quantitative estimate of drug-likeness (QED) is 0.675. The number of oxazole rings is 1. The van der Waals surface area contributed by atoms with Crippen molar-refractivity contribution in [1.29, 1.82) is 0 Å². The van der Waals surface area contributed by atoms with Gasteiger partial charge in [0, 0.05) is 12.8 Å². The number of aromatic nitrogens is 1. The highest BCUT2D eigenvalue weighted by molar-refractivity contribution is 4.93. The van der Waals surface area contributed by atoms with Crippen LogP contribution in [0.1, 0.15) is 25.0 Å². The molecule has 0 aliphatic carbocycles. The van der Waals surface area contributed by atoms with Gasteiger partial charge in [0.15, 0.2) is 5.89 Å².